The maximum atomic E-state index is 12.7. The highest BCUT2D eigenvalue weighted by molar-refractivity contribution is 5.16. The van der Waals surface area contributed by atoms with E-state index in [2.05, 4.69) is 11.0 Å². The monoisotopic (exact) mass is 218 g/mol. The molecule has 1 aliphatic heterocycles. The van der Waals surface area contributed by atoms with Crippen molar-refractivity contribution in [1.29, 1.82) is 5.26 Å². The van der Waals surface area contributed by atoms with Crippen LogP contribution >= 0.6 is 0 Å². The lowest BCUT2D eigenvalue weighted by Crippen LogP contribution is -2.37. The van der Waals surface area contributed by atoms with Crippen LogP contribution in [0.15, 0.2) is 24.3 Å². The summed E-state index contributed by atoms with van der Waals surface area (Å²) >= 11 is 0. The summed E-state index contributed by atoms with van der Waals surface area (Å²) in [6, 6.07) is 8.89. The number of hydrogen-bond acceptors (Lipinski definition) is 2. The Morgan fingerprint density at radius 1 is 1.31 bits per heavy atom. The molecule has 1 heterocycles. The molecule has 2 nitrogen and oxygen atoms in total. The Kier molecular flexibility index (Phi) is 3.53. The van der Waals surface area contributed by atoms with Crippen LogP contribution in [0.3, 0.4) is 0 Å². The molecule has 2 rings (SSSR count). The number of rotatable bonds is 2. The predicted octanol–water partition coefficient (Wildman–Crippen LogP) is 2.70. The summed E-state index contributed by atoms with van der Waals surface area (Å²) in [5, 5.41) is 9.03. The van der Waals surface area contributed by atoms with E-state index in [1.165, 1.54) is 12.1 Å². The van der Waals surface area contributed by atoms with E-state index in [-0.39, 0.29) is 11.9 Å². The normalized spacial score (nSPS) is 21.6. The van der Waals surface area contributed by atoms with E-state index in [9.17, 15) is 4.39 Å². The highest BCUT2D eigenvalue weighted by atomic mass is 19.1. The van der Waals surface area contributed by atoms with Gasteiger partial charge in [0.2, 0.25) is 0 Å². The van der Waals surface area contributed by atoms with Crippen molar-refractivity contribution in [2.75, 3.05) is 6.54 Å². The quantitative estimate of drug-likeness (QED) is 0.763. The minimum absolute atomic E-state index is 0.0267. The molecule has 0 aliphatic carbocycles. The lowest BCUT2D eigenvalue weighted by atomic mass is 10.0. The smallest absolute Gasteiger partial charge is 0.123 e. The maximum absolute atomic E-state index is 12.7. The van der Waals surface area contributed by atoms with E-state index in [4.69, 9.17) is 5.26 Å². The number of piperidine rings is 1. The third kappa shape index (κ3) is 2.59. The zero-order valence-corrected chi connectivity index (χ0v) is 9.19. The second-order valence-electron chi connectivity index (χ2n) is 4.24. The predicted molar refractivity (Wildman–Crippen MR) is 60.1 cm³/mol. The van der Waals surface area contributed by atoms with Gasteiger partial charge in [-0.25, -0.2) is 4.39 Å². The van der Waals surface area contributed by atoms with E-state index < -0.39 is 0 Å². The lowest BCUT2D eigenvalue weighted by Gasteiger charge is -2.31. The molecular weight excluding hydrogens is 203 g/mol. The maximum Gasteiger partial charge on any atom is 0.123 e. The molecule has 1 atom stereocenters. The first-order valence-corrected chi connectivity index (χ1v) is 5.68. The number of nitriles is 1. The van der Waals surface area contributed by atoms with E-state index in [0.29, 0.717) is 0 Å². The molecule has 0 saturated carbocycles. The third-order valence-corrected chi connectivity index (χ3v) is 3.06. The van der Waals surface area contributed by atoms with Crippen molar-refractivity contribution in [3.63, 3.8) is 0 Å². The average Bonchev–Trinajstić information content (AvgIpc) is 2.33. The van der Waals surface area contributed by atoms with Gasteiger partial charge in [-0.05, 0) is 43.5 Å². The Balaban J connectivity index is 2.02. The summed E-state index contributed by atoms with van der Waals surface area (Å²) in [6.07, 6.45) is 3.25. The van der Waals surface area contributed by atoms with Crippen molar-refractivity contribution in [2.24, 2.45) is 0 Å². The van der Waals surface area contributed by atoms with Crippen LogP contribution in [0.5, 0.6) is 0 Å². The van der Waals surface area contributed by atoms with E-state index >= 15 is 0 Å². The standard InChI is InChI=1S/C13H15FN2/c14-12-6-4-11(5-7-12)10-16-8-2-1-3-13(16)9-15/h4-7,13H,1-3,8,10H2. The molecule has 1 saturated heterocycles. The highest BCUT2D eigenvalue weighted by Gasteiger charge is 2.21. The van der Waals surface area contributed by atoms with Gasteiger partial charge in [0, 0.05) is 6.54 Å². The number of halogens is 1. The Morgan fingerprint density at radius 3 is 2.75 bits per heavy atom. The van der Waals surface area contributed by atoms with Crippen LogP contribution in [0.25, 0.3) is 0 Å². The molecule has 0 N–H and O–H groups in total. The van der Waals surface area contributed by atoms with Gasteiger partial charge in [-0.15, -0.1) is 0 Å². The zero-order chi connectivity index (χ0) is 11.4. The van der Waals surface area contributed by atoms with Gasteiger partial charge in [-0.3, -0.25) is 4.90 Å². The molecule has 0 radical (unpaired) electrons. The number of likely N-dealkylation sites (tertiary alicyclic amines) is 1. The van der Waals surface area contributed by atoms with Gasteiger partial charge in [0.1, 0.15) is 5.82 Å². The van der Waals surface area contributed by atoms with Crippen molar-refractivity contribution in [1.82, 2.24) is 4.90 Å². The van der Waals surface area contributed by atoms with Gasteiger partial charge in [-0.2, -0.15) is 5.26 Å². The van der Waals surface area contributed by atoms with E-state index in [0.717, 1.165) is 37.9 Å². The van der Waals surface area contributed by atoms with Crippen molar-refractivity contribution in [3.8, 4) is 6.07 Å². The summed E-state index contributed by atoms with van der Waals surface area (Å²) in [5.74, 6) is -0.209. The zero-order valence-electron chi connectivity index (χ0n) is 9.19. The van der Waals surface area contributed by atoms with Crippen LogP contribution in [0.4, 0.5) is 4.39 Å². The summed E-state index contributed by atoms with van der Waals surface area (Å²) < 4.78 is 12.7. The molecule has 1 aromatic carbocycles. The van der Waals surface area contributed by atoms with Crippen LogP contribution < -0.4 is 0 Å². The second kappa shape index (κ2) is 5.09. The molecule has 1 unspecified atom stereocenters. The Bertz CT molecular complexity index is 380. The first-order chi connectivity index (χ1) is 7.79. The fourth-order valence-corrected chi connectivity index (χ4v) is 2.15. The summed E-state index contributed by atoms with van der Waals surface area (Å²) in [7, 11) is 0. The van der Waals surface area contributed by atoms with Crippen LogP contribution in [0.1, 0.15) is 24.8 Å². The van der Waals surface area contributed by atoms with Gasteiger partial charge in [-0.1, -0.05) is 12.1 Å². The summed E-state index contributed by atoms with van der Waals surface area (Å²) in [5.41, 5.74) is 1.07. The molecule has 0 bridgehead atoms. The minimum atomic E-state index is -0.209. The largest absolute Gasteiger partial charge is 0.284 e. The molecule has 84 valence electrons. The van der Waals surface area contributed by atoms with Crippen molar-refractivity contribution < 1.29 is 4.39 Å². The molecule has 3 heteroatoms. The second-order valence-corrected chi connectivity index (χ2v) is 4.24. The number of benzene rings is 1. The summed E-state index contributed by atoms with van der Waals surface area (Å²) in [6.45, 7) is 1.72. The molecule has 0 aromatic heterocycles. The summed E-state index contributed by atoms with van der Waals surface area (Å²) in [4.78, 5) is 2.18. The first kappa shape index (κ1) is 11.1. The van der Waals surface area contributed by atoms with Crippen molar-refractivity contribution >= 4 is 0 Å². The molecule has 1 aliphatic rings. The van der Waals surface area contributed by atoms with Crippen LogP contribution in [0.2, 0.25) is 0 Å². The Morgan fingerprint density at radius 2 is 2.06 bits per heavy atom. The molecule has 0 amide bonds. The molecule has 1 aromatic rings. The minimum Gasteiger partial charge on any atom is -0.284 e. The topological polar surface area (TPSA) is 27.0 Å². The molecular formula is C13H15FN2. The van der Waals surface area contributed by atoms with Gasteiger partial charge < -0.3 is 0 Å². The number of hydrogen-bond donors (Lipinski definition) is 0. The Hall–Kier alpha value is -1.40. The Labute approximate surface area is 95.3 Å². The number of nitrogens with zero attached hydrogens (tertiary/aromatic N) is 2. The average molecular weight is 218 g/mol. The third-order valence-electron chi connectivity index (χ3n) is 3.06. The first-order valence-electron chi connectivity index (χ1n) is 5.68. The van der Waals surface area contributed by atoms with Crippen LogP contribution in [-0.2, 0) is 6.54 Å². The van der Waals surface area contributed by atoms with Crippen molar-refractivity contribution in [3.05, 3.63) is 35.6 Å². The van der Waals surface area contributed by atoms with Gasteiger partial charge in [0.25, 0.3) is 0 Å². The van der Waals surface area contributed by atoms with E-state index in [1.54, 1.807) is 12.1 Å². The lowest BCUT2D eigenvalue weighted by molar-refractivity contribution is 0.176. The van der Waals surface area contributed by atoms with Gasteiger partial charge in [0.05, 0.1) is 12.1 Å². The molecule has 0 spiro atoms. The molecule has 16 heavy (non-hydrogen) atoms. The van der Waals surface area contributed by atoms with Crippen molar-refractivity contribution in [2.45, 2.75) is 31.8 Å². The van der Waals surface area contributed by atoms with E-state index in [1.807, 2.05) is 0 Å². The highest BCUT2D eigenvalue weighted by Crippen LogP contribution is 2.19. The fourth-order valence-electron chi connectivity index (χ4n) is 2.15. The van der Waals surface area contributed by atoms with Gasteiger partial charge >= 0.3 is 0 Å². The SMILES string of the molecule is N#CC1CCCCN1Cc1ccc(F)cc1. The van der Waals surface area contributed by atoms with Crippen LogP contribution in [-0.4, -0.2) is 17.5 Å². The van der Waals surface area contributed by atoms with Gasteiger partial charge in [0.15, 0.2) is 0 Å². The fraction of sp³-hybridized carbons (Fsp3) is 0.462. The van der Waals surface area contributed by atoms with Crippen LogP contribution in [0, 0.1) is 17.1 Å². The molecule has 1 fully saturated rings.